The first-order chi connectivity index (χ1) is 9.16. The molecule has 1 saturated heterocycles. The second-order valence-corrected chi connectivity index (χ2v) is 6.78. The Kier molecular flexibility index (Phi) is 5.74. The maximum absolute atomic E-state index is 6.24. The lowest BCUT2D eigenvalue weighted by Gasteiger charge is -2.27. The Morgan fingerprint density at radius 2 is 1.84 bits per heavy atom. The van der Waals surface area contributed by atoms with E-state index >= 15 is 0 Å². The van der Waals surface area contributed by atoms with Crippen LogP contribution in [0.1, 0.15) is 33.1 Å². The molecule has 0 spiro atoms. The van der Waals surface area contributed by atoms with Crippen LogP contribution in [0.25, 0.3) is 0 Å². The van der Waals surface area contributed by atoms with E-state index in [0.29, 0.717) is 6.04 Å². The molecule has 1 aromatic carbocycles. The van der Waals surface area contributed by atoms with Crippen LogP contribution in [0.4, 0.5) is 0 Å². The van der Waals surface area contributed by atoms with Crippen molar-refractivity contribution in [2.45, 2.75) is 56.1 Å². The van der Waals surface area contributed by atoms with Gasteiger partial charge < -0.3 is 5.73 Å². The van der Waals surface area contributed by atoms with Crippen LogP contribution in [-0.4, -0.2) is 35.3 Å². The Morgan fingerprint density at radius 1 is 1.21 bits per heavy atom. The smallest absolute Gasteiger partial charge is 0.0146 e. The van der Waals surface area contributed by atoms with Gasteiger partial charge in [0.25, 0.3) is 0 Å². The second-order valence-electron chi connectivity index (χ2n) is 5.69. The molecule has 2 rings (SSSR count). The van der Waals surface area contributed by atoms with Crippen molar-refractivity contribution >= 4 is 11.8 Å². The van der Waals surface area contributed by atoms with Gasteiger partial charge in [-0.25, -0.2) is 0 Å². The topological polar surface area (TPSA) is 29.3 Å². The molecule has 0 aliphatic carbocycles. The minimum atomic E-state index is 0.296. The van der Waals surface area contributed by atoms with Crippen molar-refractivity contribution in [2.24, 2.45) is 5.73 Å². The van der Waals surface area contributed by atoms with Gasteiger partial charge in [-0.1, -0.05) is 18.2 Å². The zero-order valence-electron chi connectivity index (χ0n) is 12.1. The van der Waals surface area contributed by atoms with Crippen LogP contribution in [0.3, 0.4) is 0 Å². The summed E-state index contributed by atoms with van der Waals surface area (Å²) in [7, 11) is 0. The highest BCUT2D eigenvalue weighted by atomic mass is 32.2. The summed E-state index contributed by atoms with van der Waals surface area (Å²) in [5.74, 6) is 1.01. The van der Waals surface area contributed by atoms with E-state index in [9.17, 15) is 0 Å². The second kappa shape index (κ2) is 7.32. The molecule has 2 nitrogen and oxygen atoms in total. The molecule has 0 radical (unpaired) electrons. The number of nitrogens with two attached hydrogens (primary N) is 1. The quantitative estimate of drug-likeness (QED) is 0.809. The molecular weight excluding hydrogens is 252 g/mol. The lowest BCUT2D eigenvalue weighted by atomic mass is 10.2. The van der Waals surface area contributed by atoms with Gasteiger partial charge in [0, 0.05) is 35.3 Å². The van der Waals surface area contributed by atoms with E-state index in [-0.39, 0.29) is 0 Å². The van der Waals surface area contributed by atoms with Gasteiger partial charge in [-0.2, -0.15) is 0 Å². The number of nitrogens with zero attached hydrogens (tertiary/aromatic N) is 1. The average molecular weight is 278 g/mol. The van der Waals surface area contributed by atoms with Gasteiger partial charge in [0.1, 0.15) is 0 Å². The highest BCUT2D eigenvalue weighted by molar-refractivity contribution is 7.99. The number of hydrogen-bond donors (Lipinski definition) is 1. The van der Waals surface area contributed by atoms with E-state index in [4.69, 9.17) is 5.73 Å². The molecule has 0 amide bonds. The van der Waals surface area contributed by atoms with E-state index in [0.717, 1.165) is 30.8 Å². The highest BCUT2D eigenvalue weighted by Gasteiger charge is 2.26. The molecule has 3 heteroatoms. The number of benzene rings is 1. The SMILES string of the molecule is C[C@@H]1CC[C@H](C)N1CC[C@@H](N)CSc1ccccc1. The van der Waals surface area contributed by atoms with Crippen LogP contribution in [0, 0.1) is 0 Å². The third kappa shape index (κ3) is 4.51. The zero-order chi connectivity index (χ0) is 13.7. The average Bonchev–Trinajstić information content (AvgIpc) is 2.75. The van der Waals surface area contributed by atoms with Crippen molar-refractivity contribution in [3.63, 3.8) is 0 Å². The fraction of sp³-hybridized carbons (Fsp3) is 0.625. The number of likely N-dealkylation sites (tertiary alicyclic amines) is 1. The summed E-state index contributed by atoms with van der Waals surface area (Å²) in [6.45, 7) is 5.83. The number of thioether (sulfide) groups is 1. The molecule has 3 atom stereocenters. The third-order valence-electron chi connectivity index (χ3n) is 4.10. The summed E-state index contributed by atoms with van der Waals surface area (Å²) in [4.78, 5) is 3.94. The lowest BCUT2D eigenvalue weighted by Crippen LogP contribution is -2.37. The molecule has 1 aliphatic heterocycles. The summed E-state index contributed by atoms with van der Waals surface area (Å²) in [5, 5.41) is 0. The van der Waals surface area contributed by atoms with E-state index in [1.807, 2.05) is 11.8 Å². The summed E-state index contributed by atoms with van der Waals surface area (Å²) < 4.78 is 0. The molecule has 1 fully saturated rings. The van der Waals surface area contributed by atoms with Gasteiger partial charge >= 0.3 is 0 Å². The van der Waals surface area contributed by atoms with Crippen LogP contribution < -0.4 is 5.73 Å². The summed E-state index contributed by atoms with van der Waals surface area (Å²) >= 11 is 1.87. The molecule has 1 aromatic rings. The van der Waals surface area contributed by atoms with Crippen LogP contribution in [0.15, 0.2) is 35.2 Å². The van der Waals surface area contributed by atoms with Gasteiger partial charge in [-0.3, -0.25) is 4.90 Å². The molecule has 0 aromatic heterocycles. The Labute approximate surface area is 121 Å². The predicted octanol–water partition coefficient (Wildman–Crippen LogP) is 3.37. The zero-order valence-corrected chi connectivity index (χ0v) is 12.9. The van der Waals surface area contributed by atoms with Crippen molar-refractivity contribution in [1.29, 1.82) is 0 Å². The molecule has 0 unspecified atom stereocenters. The van der Waals surface area contributed by atoms with Crippen LogP contribution in [-0.2, 0) is 0 Å². The molecule has 1 aliphatic rings. The first-order valence-electron chi connectivity index (χ1n) is 7.36. The fourth-order valence-electron chi connectivity index (χ4n) is 2.81. The molecule has 1 heterocycles. The standard InChI is InChI=1S/C16H26N2S/c1-13-8-9-14(2)18(13)11-10-15(17)12-19-16-6-4-3-5-7-16/h3-7,13-15H,8-12,17H2,1-2H3/t13-,14+,15-/m1/s1. The molecular formula is C16H26N2S. The van der Waals surface area contributed by atoms with Gasteiger partial charge in [0.2, 0.25) is 0 Å². The molecule has 0 bridgehead atoms. The molecule has 2 N–H and O–H groups in total. The summed E-state index contributed by atoms with van der Waals surface area (Å²) in [6, 6.07) is 12.3. The van der Waals surface area contributed by atoms with Gasteiger partial charge in [0.05, 0.1) is 0 Å². The van der Waals surface area contributed by atoms with Crippen LogP contribution >= 0.6 is 11.8 Å². The number of rotatable bonds is 6. The van der Waals surface area contributed by atoms with E-state index in [2.05, 4.69) is 49.1 Å². The normalized spacial score (nSPS) is 25.6. The monoisotopic (exact) mass is 278 g/mol. The van der Waals surface area contributed by atoms with Crippen molar-refractivity contribution in [1.82, 2.24) is 4.90 Å². The Bertz CT molecular complexity index is 358. The highest BCUT2D eigenvalue weighted by Crippen LogP contribution is 2.24. The van der Waals surface area contributed by atoms with Gasteiger partial charge in [-0.15, -0.1) is 11.8 Å². The minimum Gasteiger partial charge on any atom is -0.327 e. The van der Waals surface area contributed by atoms with E-state index in [1.165, 1.54) is 17.7 Å². The Balaban J connectivity index is 1.68. The first-order valence-corrected chi connectivity index (χ1v) is 8.34. The molecule has 0 saturated carbocycles. The third-order valence-corrected chi connectivity index (χ3v) is 5.30. The van der Waals surface area contributed by atoms with Gasteiger partial charge in [-0.05, 0) is 45.2 Å². The maximum Gasteiger partial charge on any atom is 0.0146 e. The van der Waals surface area contributed by atoms with Crippen molar-refractivity contribution < 1.29 is 0 Å². The maximum atomic E-state index is 6.24. The van der Waals surface area contributed by atoms with Gasteiger partial charge in [0.15, 0.2) is 0 Å². The first kappa shape index (κ1) is 14.9. The van der Waals surface area contributed by atoms with E-state index in [1.54, 1.807) is 0 Å². The largest absolute Gasteiger partial charge is 0.327 e. The lowest BCUT2D eigenvalue weighted by molar-refractivity contribution is 0.208. The number of hydrogen-bond acceptors (Lipinski definition) is 3. The molecule has 19 heavy (non-hydrogen) atoms. The predicted molar refractivity (Wildman–Crippen MR) is 84.6 cm³/mol. The van der Waals surface area contributed by atoms with E-state index < -0.39 is 0 Å². The van der Waals surface area contributed by atoms with Crippen molar-refractivity contribution in [3.05, 3.63) is 30.3 Å². The molecule has 106 valence electrons. The Morgan fingerprint density at radius 3 is 2.47 bits per heavy atom. The minimum absolute atomic E-state index is 0.296. The summed E-state index contributed by atoms with van der Waals surface area (Å²) in [6.07, 6.45) is 3.79. The Hall–Kier alpha value is -0.510. The van der Waals surface area contributed by atoms with Crippen LogP contribution in [0.2, 0.25) is 0 Å². The van der Waals surface area contributed by atoms with Crippen LogP contribution in [0.5, 0.6) is 0 Å². The van der Waals surface area contributed by atoms with Crippen molar-refractivity contribution in [2.75, 3.05) is 12.3 Å². The van der Waals surface area contributed by atoms with Crippen molar-refractivity contribution in [3.8, 4) is 0 Å². The summed E-state index contributed by atoms with van der Waals surface area (Å²) in [5.41, 5.74) is 6.24. The fourth-order valence-corrected chi connectivity index (χ4v) is 3.73.